The van der Waals surface area contributed by atoms with Gasteiger partial charge in [0.1, 0.15) is 0 Å². The summed E-state index contributed by atoms with van der Waals surface area (Å²) < 4.78 is 5.18. The van der Waals surface area contributed by atoms with Crippen molar-refractivity contribution in [2.75, 3.05) is 11.9 Å². The van der Waals surface area contributed by atoms with E-state index in [1.807, 2.05) is 32.0 Å². The van der Waals surface area contributed by atoms with Gasteiger partial charge in [-0.1, -0.05) is 17.3 Å². The molecule has 1 atom stereocenters. The fourth-order valence-corrected chi connectivity index (χ4v) is 2.43. The van der Waals surface area contributed by atoms with Crippen molar-refractivity contribution >= 4 is 11.6 Å². The van der Waals surface area contributed by atoms with Crippen LogP contribution in [-0.4, -0.2) is 22.6 Å². The molecule has 2 aromatic rings. The van der Waals surface area contributed by atoms with Gasteiger partial charge in [-0.2, -0.15) is 4.98 Å². The molecule has 1 aromatic heterocycles. The fraction of sp³-hybridized carbons (Fsp3) is 0.400. The van der Waals surface area contributed by atoms with Gasteiger partial charge in [0.15, 0.2) is 0 Å². The molecule has 0 spiro atoms. The second-order valence-corrected chi connectivity index (χ2v) is 5.31. The molecular formula is C15H18N4O2. The van der Waals surface area contributed by atoms with Crippen LogP contribution in [0.2, 0.25) is 0 Å². The van der Waals surface area contributed by atoms with Gasteiger partial charge in [0.2, 0.25) is 5.89 Å². The highest BCUT2D eigenvalue weighted by molar-refractivity contribution is 6.01. The fourth-order valence-electron chi connectivity index (χ4n) is 2.43. The molecule has 1 saturated heterocycles. The van der Waals surface area contributed by atoms with Crippen molar-refractivity contribution in [3.8, 4) is 0 Å². The molecule has 1 aromatic carbocycles. The van der Waals surface area contributed by atoms with Crippen LogP contribution in [-0.2, 0) is 0 Å². The summed E-state index contributed by atoms with van der Waals surface area (Å²) in [4.78, 5) is 16.4. The van der Waals surface area contributed by atoms with Crippen LogP contribution in [0, 0.1) is 13.8 Å². The Morgan fingerprint density at radius 2 is 2.29 bits per heavy atom. The van der Waals surface area contributed by atoms with Crippen molar-refractivity contribution in [2.24, 2.45) is 0 Å². The van der Waals surface area contributed by atoms with Gasteiger partial charge in [-0.3, -0.25) is 4.79 Å². The molecule has 6 nitrogen and oxygen atoms in total. The van der Waals surface area contributed by atoms with Gasteiger partial charge < -0.3 is 15.2 Å². The lowest BCUT2D eigenvalue weighted by molar-refractivity contribution is 0.101. The Labute approximate surface area is 122 Å². The Morgan fingerprint density at radius 3 is 3.05 bits per heavy atom. The summed E-state index contributed by atoms with van der Waals surface area (Å²) >= 11 is 0. The summed E-state index contributed by atoms with van der Waals surface area (Å²) in [5, 5.41) is 9.86. The summed E-state index contributed by atoms with van der Waals surface area (Å²) in [7, 11) is 0. The van der Waals surface area contributed by atoms with Crippen LogP contribution in [0.25, 0.3) is 0 Å². The topological polar surface area (TPSA) is 80.0 Å². The standard InChI is InChI=1S/C15H18N4O2/c1-9-5-3-6-11(10(9)2)17-14(20)13-18-15(21-19-13)12-7-4-8-16-12/h3,5-6,12,16H,4,7-8H2,1-2H3,(H,17,20). The predicted molar refractivity (Wildman–Crippen MR) is 78.1 cm³/mol. The normalized spacial score (nSPS) is 17.9. The number of amides is 1. The van der Waals surface area contributed by atoms with E-state index in [2.05, 4.69) is 20.8 Å². The first kappa shape index (κ1) is 13.8. The number of nitrogens with one attached hydrogen (secondary N) is 2. The molecule has 1 fully saturated rings. The number of hydrogen-bond acceptors (Lipinski definition) is 5. The molecule has 1 aliphatic rings. The maximum atomic E-state index is 12.2. The summed E-state index contributed by atoms with van der Waals surface area (Å²) in [5.41, 5.74) is 2.93. The molecule has 1 unspecified atom stereocenters. The van der Waals surface area contributed by atoms with Gasteiger partial charge in [-0.25, -0.2) is 0 Å². The van der Waals surface area contributed by atoms with Gasteiger partial charge in [0.25, 0.3) is 11.7 Å². The van der Waals surface area contributed by atoms with Crippen LogP contribution in [0.1, 0.15) is 46.5 Å². The highest BCUT2D eigenvalue weighted by Gasteiger charge is 2.24. The Kier molecular flexibility index (Phi) is 3.70. The molecule has 0 bridgehead atoms. The predicted octanol–water partition coefficient (Wildman–Crippen LogP) is 2.36. The molecule has 3 rings (SSSR count). The summed E-state index contributed by atoms with van der Waals surface area (Å²) in [5.74, 6) is 0.204. The molecule has 0 aliphatic carbocycles. The summed E-state index contributed by atoms with van der Waals surface area (Å²) in [6.07, 6.45) is 2.04. The molecule has 21 heavy (non-hydrogen) atoms. The van der Waals surface area contributed by atoms with E-state index in [1.165, 1.54) is 0 Å². The zero-order valence-electron chi connectivity index (χ0n) is 12.1. The number of aryl methyl sites for hydroxylation is 1. The van der Waals surface area contributed by atoms with Crippen LogP contribution >= 0.6 is 0 Å². The maximum Gasteiger partial charge on any atom is 0.297 e. The van der Waals surface area contributed by atoms with Crippen LogP contribution in [0.3, 0.4) is 0 Å². The van der Waals surface area contributed by atoms with E-state index in [0.717, 1.165) is 36.2 Å². The lowest BCUT2D eigenvalue weighted by atomic mass is 10.1. The maximum absolute atomic E-state index is 12.2. The van der Waals surface area contributed by atoms with E-state index in [-0.39, 0.29) is 17.8 Å². The molecule has 2 heterocycles. The van der Waals surface area contributed by atoms with Gasteiger partial charge >= 0.3 is 0 Å². The SMILES string of the molecule is Cc1cccc(NC(=O)c2noc(C3CCCN3)n2)c1C. The van der Waals surface area contributed by atoms with Gasteiger partial charge in [0, 0.05) is 5.69 Å². The molecular weight excluding hydrogens is 268 g/mol. The number of carbonyl (C=O) groups is 1. The summed E-state index contributed by atoms with van der Waals surface area (Å²) in [6.45, 7) is 4.91. The van der Waals surface area contributed by atoms with E-state index in [1.54, 1.807) is 0 Å². The number of carbonyl (C=O) groups excluding carboxylic acids is 1. The second-order valence-electron chi connectivity index (χ2n) is 5.31. The first-order valence-corrected chi connectivity index (χ1v) is 7.09. The van der Waals surface area contributed by atoms with Crippen molar-refractivity contribution in [3.05, 3.63) is 41.0 Å². The smallest absolute Gasteiger partial charge is 0.297 e. The number of anilines is 1. The third kappa shape index (κ3) is 2.80. The third-order valence-corrected chi connectivity index (χ3v) is 3.86. The highest BCUT2D eigenvalue weighted by atomic mass is 16.5. The molecule has 0 saturated carbocycles. The quantitative estimate of drug-likeness (QED) is 0.905. The minimum Gasteiger partial charge on any atom is -0.337 e. The monoisotopic (exact) mass is 286 g/mol. The molecule has 2 N–H and O–H groups in total. The first-order valence-electron chi connectivity index (χ1n) is 7.09. The minimum atomic E-state index is -0.350. The molecule has 1 aliphatic heterocycles. The molecule has 110 valence electrons. The zero-order chi connectivity index (χ0) is 14.8. The van der Waals surface area contributed by atoms with Crippen molar-refractivity contribution in [2.45, 2.75) is 32.7 Å². The largest absolute Gasteiger partial charge is 0.337 e. The number of hydrogen-bond donors (Lipinski definition) is 2. The van der Waals surface area contributed by atoms with Gasteiger partial charge in [-0.15, -0.1) is 0 Å². The van der Waals surface area contributed by atoms with E-state index >= 15 is 0 Å². The van der Waals surface area contributed by atoms with E-state index in [4.69, 9.17) is 4.52 Å². The Morgan fingerprint density at radius 1 is 1.43 bits per heavy atom. The molecule has 1 amide bonds. The van der Waals surface area contributed by atoms with Crippen molar-refractivity contribution in [1.82, 2.24) is 15.5 Å². The number of benzene rings is 1. The van der Waals surface area contributed by atoms with Gasteiger partial charge in [-0.05, 0) is 50.4 Å². The number of aromatic nitrogens is 2. The minimum absolute atomic E-state index is 0.0691. The van der Waals surface area contributed by atoms with Crippen molar-refractivity contribution < 1.29 is 9.32 Å². The second kappa shape index (κ2) is 5.65. The number of nitrogens with zero attached hydrogens (tertiary/aromatic N) is 2. The lowest BCUT2D eigenvalue weighted by Crippen LogP contribution is -2.16. The average Bonchev–Trinajstić information content (AvgIpc) is 3.13. The third-order valence-electron chi connectivity index (χ3n) is 3.86. The Bertz CT molecular complexity index is 659. The summed E-state index contributed by atoms with van der Waals surface area (Å²) in [6, 6.07) is 5.84. The van der Waals surface area contributed by atoms with Crippen LogP contribution in [0.5, 0.6) is 0 Å². The average molecular weight is 286 g/mol. The Balaban J connectivity index is 1.75. The van der Waals surface area contributed by atoms with E-state index in [0.29, 0.717) is 5.89 Å². The number of rotatable bonds is 3. The lowest BCUT2D eigenvalue weighted by Gasteiger charge is -2.08. The van der Waals surface area contributed by atoms with Crippen LogP contribution in [0.4, 0.5) is 5.69 Å². The van der Waals surface area contributed by atoms with Crippen molar-refractivity contribution in [3.63, 3.8) is 0 Å². The van der Waals surface area contributed by atoms with Crippen molar-refractivity contribution in [1.29, 1.82) is 0 Å². The highest BCUT2D eigenvalue weighted by Crippen LogP contribution is 2.22. The van der Waals surface area contributed by atoms with Crippen LogP contribution < -0.4 is 10.6 Å². The Hall–Kier alpha value is -2.21. The molecule has 6 heteroatoms. The van der Waals surface area contributed by atoms with E-state index < -0.39 is 0 Å². The molecule has 0 radical (unpaired) electrons. The van der Waals surface area contributed by atoms with E-state index in [9.17, 15) is 4.79 Å². The first-order chi connectivity index (χ1) is 10.1. The zero-order valence-corrected chi connectivity index (χ0v) is 12.1. The van der Waals surface area contributed by atoms with Crippen LogP contribution in [0.15, 0.2) is 22.7 Å². The van der Waals surface area contributed by atoms with Gasteiger partial charge in [0.05, 0.1) is 6.04 Å².